The number of sulfonamides is 2. The molecule has 4 N–H and O–H groups in total. The van der Waals surface area contributed by atoms with Crippen molar-refractivity contribution in [3.8, 4) is 5.75 Å². The number of methoxy groups -OCH3 is 1. The van der Waals surface area contributed by atoms with Crippen LogP contribution in [0.3, 0.4) is 0 Å². The lowest BCUT2D eigenvalue weighted by Gasteiger charge is -2.14. The molecule has 0 unspecified atom stereocenters. The molecule has 0 fully saturated rings. The summed E-state index contributed by atoms with van der Waals surface area (Å²) in [4.78, 5) is 11.6. The average Bonchev–Trinajstić information content (AvgIpc) is 2.74. The maximum Gasteiger partial charge on any atom is 0.262 e. The van der Waals surface area contributed by atoms with Crippen LogP contribution in [-0.4, -0.2) is 29.9 Å². The molecule has 0 bridgehead atoms. The van der Waals surface area contributed by atoms with Gasteiger partial charge in [0.2, 0.25) is 10.0 Å². The van der Waals surface area contributed by atoms with Gasteiger partial charge in [-0.25, -0.2) is 26.4 Å². The van der Waals surface area contributed by atoms with Gasteiger partial charge in [0.1, 0.15) is 16.5 Å². The number of nitrogens with one attached hydrogen (secondary N) is 2. The number of halogens is 1. The molecule has 1 amide bonds. The molecule has 174 valence electrons. The van der Waals surface area contributed by atoms with Gasteiger partial charge in [-0.2, -0.15) is 0 Å². The molecular formula is C21H20FN3O6S2. The number of ether oxygens (including phenoxy) is 1. The molecule has 0 saturated heterocycles. The van der Waals surface area contributed by atoms with Crippen LogP contribution in [0, 0.1) is 12.7 Å². The summed E-state index contributed by atoms with van der Waals surface area (Å²) in [5.74, 6) is -1.56. The lowest BCUT2D eigenvalue weighted by Crippen LogP contribution is -2.18. The summed E-state index contributed by atoms with van der Waals surface area (Å²) < 4.78 is 70.3. The second kappa shape index (κ2) is 9.17. The largest absolute Gasteiger partial charge is 0.495 e. The zero-order valence-corrected chi connectivity index (χ0v) is 19.1. The van der Waals surface area contributed by atoms with Crippen LogP contribution in [0.2, 0.25) is 0 Å². The van der Waals surface area contributed by atoms with E-state index in [4.69, 9.17) is 9.88 Å². The minimum absolute atomic E-state index is 0.101. The summed E-state index contributed by atoms with van der Waals surface area (Å²) in [5, 5.41) is 7.43. The molecule has 9 nitrogen and oxygen atoms in total. The fourth-order valence-electron chi connectivity index (χ4n) is 2.96. The molecule has 0 spiro atoms. The highest BCUT2D eigenvalue weighted by Crippen LogP contribution is 2.28. The van der Waals surface area contributed by atoms with Gasteiger partial charge in [0.25, 0.3) is 15.9 Å². The van der Waals surface area contributed by atoms with Crippen molar-refractivity contribution in [2.24, 2.45) is 5.14 Å². The Morgan fingerprint density at radius 3 is 2.33 bits per heavy atom. The summed E-state index contributed by atoms with van der Waals surface area (Å²) >= 11 is 0. The number of carbonyl (C=O) groups is 1. The first-order valence-corrected chi connectivity index (χ1v) is 12.4. The molecule has 0 aliphatic heterocycles. The van der Waals surface area contributed by atoms with Gasteiger partial charge >= 0.3 is 0 Å². The molecular weight excluding hydrogens is 473 g/mol. The average molecular weight is 494 g/mol. The number of amides is 1. The van der Waals surface area contributed by atoms with E-state index in [0.717, 1.165) is 18.2 Å². The van der Waals surface area contributed by atoms with E-state index in [0.29, 0.717) is 11.3 Å². The molecule has 12 heteroatoms. The van der Waals surface area contributed by atoms with Crippen LogP contribution < -0.4 is 19.9 Å². The van der Waals surface area contributed by atoms with Crippen molar-refractivity contribution in [1.82, 2.24) is 0 Å². The van der Waals surface area contributed by atoms with Crippen LogP contribution in [0.4, 0.5) is 15.8 Å². The minimum Gasteiger partial charge on any atom is -0.495 e. The van der Waals surface area contributed by atoms with Crippen LogP contribution in [0.15, 0.2) is 70.5 Å². The lowest BCUT2D eigenvalue weighted by molar-refractivity contribution is 0.102. The third-order valence-electron chi connectivity index (χ3n) is 4.59. The van der Waals surface area contributed by atoms with Gasteiger partial charge in [-0.3, -0.25) is 9.52 Å². The quantitative estimate of drug-likeness (QED) is 0.462. The number of para-hydroxylation sites is 2. The second-order valence-electron chi connectivity index (χ2n) is 6.93. The van der Waals surface area contributed by atoms with Crippen LogP contribution >= 0.6 is 0 Å². The highest BCUT2D eigenvalue weighted by atomic mass is 32.2. The molecule has 0 atom stereocenters. The van der Waals surface area contributed by atoms with Gasteiger partial charge in [-0.15, -0.1) is 0 Å². The van der Waals surface area contributed by atoms with Crippen molar-refractivity contribution in [3.63, 3.8) is 0 Å². The second-order valence-corrected chi connectivity index (χ2v) is 10.1. The van der Waals surface area contributed by atoms with Crippen molar-refractivity contribution in [2.75, 3.05) is 17.1 Å². The predicted molar refractivity (Wildman–Crippen MR) is 121 cm³/mol. The number of primary sulfonamides is 1. The SMILES string of the molecule is COc1ccccc1NS(=O)(=O)c1cc(NC(=O)c2ccc(F)c(S(N)(=O)=O)c2)ccc1C. The Bertz CT molecular complexity index is 1440. The minimum atomic E-state index is -4.38. The summed E-state index contributed by atoms with van der Waals surface area (Å²) in [6, 6.07) is 13.4. The third-order valence-corrected chi connectivity index (χ3v) is 7.02. The first-order chi connectivity index (χ1) is 15.4. The number of anilines is 2. The van der Waals surface area contributed by atoms with E-state index >= 15 is 0 Å². The monoisotopic (exact) mass is 493 g/mol. The third kappa shape index (κ3) is 5.48. The van der Waals surface area contributed by atoms with Gasteiger partial charge < -0.3 is 10.1 Å². The van der Waals surface area contributed by atoms with Crippen molar-refractivity contribution in [3.05, 3.63) is 77.6 Å². The Morgan fingerprint density at radius 2 is 1.67 bits per heavy atom. The summed E-state index contributed by atoms with van der Waals surface area (Å²) in [7, 11) is -7.03. The van der Waals surface area contributed by atoms with Crippen LogP contribution in [0.5, 0.6) is 5.75 Å². The Balaban J connectivity index is 1.91. The molecule has 3 aromatic carbocycles. The number of benzene rings is 3. The van der Waals surface area contributed by atoms with Gasteiger partial charge in [0, 0.05) is 11.3 Å². The van der Waals surface area contributed by atoms with Crippen LogP contribution in [0.1, 0.15) is 15.9 Å². The van der Waals surface area contributed by atoms with Gasteiger partial charge in [0.05, 0.1) is 17.7 Å². The smallest absolute Gasteiger partial charge is 0.262 e. The van der Waals surface area contributed by atoms with Gasteiger partial charge in [-0.05, 0) is 55.0 Å². The molecule has 0 heterocycles. The molecule has 3 aromatic rings. The standard InChI is InChI=1S/C21H20FN3O6S2/c1-13-7-9-15(24-21(26)14-8-10-16(22)20(11-14)32(23,27)28)12-19(13)33(29,30)25-17-5-3-4-6-18(17)31-2/h3-12,25H,1-2H3,(H,24,26)(H2,23,27,28). The molecule has 0 aliphatic rings. The van der Waals surface area contributed by atoms with E-state index in [2.05, 4.69) is 10.0 Å². The number of nitrogens with two attached hydrogens (primary N) is 1. The highest BCUT2D eigenvalue weighted by Gasteiger charge is 2.21. The lowest BCUT2D eigenvalue weighted by atomic mass is 10.2. The number of carbonyl (C=O) groups excluding carboxylic acids is 1. The number of aryl methyl sites for hydroxylation is 1. The van der Waals surface area contributed by atoms with E-state index in [-0.39, 0.29) is 21.8 Å². The fourth-order valence-corrected chi connectivity index (χ4v) is 4.94. The van der Waals surface area contributed by atoms with Gasteiger partial charge in [-0.1, -0.05) is 18.2 Å². The van der Waals surface area contributed by atoms with E-state index < -0.39 is 36.7 Å². The maximum absolute atomic E-state index is 13.7. The van der Waals surface area contributed by atoms with Crippen LogP contribution in [-0.2, 0) is 20.0 Å². The first-order valence-electron chi connectivity index (χ1n) is 9.32. The highest BCUT2D eigenvalue weighted by molar-refractivity contribution is 7.92. The van der Waals surface area contributed by atoms with E-state index in [1.807, 2.05) is 0 Å². The molecule has 0 aliphatic carbocycles. The van der Waals surface area contributed by atoms with Crippen molar-refractivity contribution < 1.29 is 30.8 Å². The Hall–Kier alpha value is -3.48. The Labute approximate surface area is 190 Å². The van der Waals surface area contributed by atoms with Crippen molar-refractivity contribution in [2.45, 2.75) is 16.7 Å². The molecule has 0 saturated carbocycles. The fraction of sp³-hybridized carbons (Fsp3) is 0.0952. The Kier molecular flexibility index (Phi) is 6.72. The predicted octanol–water partition coefficient (Wildman–Crippen LogP) is 2.84. The Morgan fingerprint density at radius 1 is 0.970 bits per heavy atom. The zero-order valence-electron chi connectivity index (χ0n) is 17.5. The van der Waals surface area contributed by atoms with Crippen LogP contribution in [0.25, 0.3) is 0 Å². The molecule has 33 heavy (non-hydrogen) atoms. The molecule has 0 aromatic heterocycles. The number of hydrogen-bond donors (Lipinski definition) is 3. The first kappa shape index (κ1) is 24.2. The topological polar surface area (TPSA) is 145 Å². The van der Waals surface area contributed by atoms with Crippen molar-refractivity contribution in [1.29, 1.82) is 0 Å². The normalized spacial score (nSPS) is 11.6. The maximum atomic E-state index is 13.7. The summed E-state index contributed by atoms with van der Waals surface area (Å²) in [5.41, 5.74) is 0.578. The molecule has 0 radical (unpaired) electrons. The number of rotatable bonds is 7. The van der Waals surface area contributed by atoms with Crippen molar-refractivity contribution >= 4 is 37.3 Å². The zero-order chi connectivity index (χ0) is 24.4. The summed E-state index contributed by atoms with van der Waals surface area (Å²) in [6.07, 6.45) is 0. The van der Waals surface area contributed by atoms with E-state index in [1.165, 1.54) is 31.4 Å². The van der Waals surface area contributed by atoms with E-state index in [9.17, 15) is 26.0 Å². The summed E-state index contributed by atoms with van der Waals surface area (Å²) in [6.45, 7) is 1.58. The van der Waals surface area contributed by atoms with Gasteiger partial charge in [0.15, 0.2) is 0 Å². The molecule has 3 rings (SSSR count). The number of hydrogen-bond acceptors (Lipinski definition) is 6. The van der Waals surface area contributed by atoms with E-state index in [1.54, 1.807) is 25.1 Å².